The lowest BCUT2D eigenvalue weighted by Crippen LogP contribution is -2.04. The van der Waals surface area contributed by atoms with E-state index in [1.54, 1.807) is 7.05 Å². The van der Waals surface area contributed by atoms with E-state index < -0.39 is 6.10 Å². The van der Waals surface area contributed by atoms with Crippen LogP contribution in [0.1, 0.15) is 17.5 Å². The van der Waals surface area contributed by atoms with Crippen LogP contribution in [0.25, 0.3) is 0 Å². The van der Waals surface area contributed by atoms with Crippen molar-refractivity contribution in [3.63, 3.8) is 0 Å². The van der Waals surface area contributed by atoms with Gasteiger partial charge >= 0.3 is 0 Å². The first-order chi connectivity index (χ1) is 8.06. The number of benzene rings is 1. The molecule has 0 spiro atoms. The Morgan fingerprint density at radius 3 is 2.76 bits per heavy atom. The first-order valence-corrected chi connectivity index (χ1v) is 6.51. The molecular weight excluding hydrogens is 352 g/mol. The monoisotopic (exact) mass is 360 g/mol. The van der Waals surface area contributed by atoms with Gasteiger partial charge in [-0.15, -0.1) is 10.2 Å². The maximum absolute atomic E-state index is 10.1. The molecule has 1 heterocycles. The molecule has 7 heteroatoms. The van der Waals surface area contributed by atoms with Crippen molar-refractivity contribution >= 4 is 31.9 Å². The van der Waals surface area contributed by atoms with Crippen LogP contribution in [-0.4, -0.2) is 25.3 Å². The van der Waals surface area contributed by atoms with E-state index in [1.807, 2.05) is 18.2 Å². The molecule has 1 unspecified atom stereocenters. The van der Waals surface area contributed by atoms with Crippen LogP contribution in [0.2, 0.25) is 0 Å². The van der Waals surface area contributed by atoms with Crippen LogP contribution >= 0.6 is 31.9 Å². The van der Waals surface area contributed by atoms with Gasteiger partial charge in [-0.25, -0.2) is 0 Å². The van der Waals surface area contributed by atoms with E-state index in [-0.39, 0.29) is 0 Å². The number of hydrogen-bond acceptors (Lipinski definition) is 4. The quantitative estimate of drug-likeness (QED) is 0.908. The summed E-state index contributed by atoms with van der Waals surface area (Å²) in [6.07, 6.45) is -0.310. The summed E-state index contributed by atoms with van der Waals surface area (Å²) in [5.74, 6) is 0.523. The molecule has 2 rings (SSSR count). The Kier molecular flexibility index (Phi) is 3.90. The standard InChI is InChI=1S/C10H10Br2N4O/c1-16-14-10(13-15-16)5-9(17)7-3-2-6(11)4-8(7)12/h2-4,9,17H,5H2,1H3. The number of hydrogen-bond donors (Lipinski definition) is 1. The summed E-state index contributed by atoms with van der Waals surface area (Å²) >= 11 is 6.78. The Hall–Kier alpha value is -0.790. The summed E-state index contributed by atoms with van der Waals surface area (Å²) < 4.78 is 1.81. The molecule has 0 saturated heterocycles. The summed E-state index contributed by atoms with van der Waals surface area (Å²) in [6.45, 7) is 0. The molecule has 0 fully saturated rings. The van der Waals surface area contributed by atoms with Gasteiger partial charge in [0.15, 0.2) is 5.82 Å². The average molecular weight is 362 g/mol. The van der Waals surface area contributed by atoms with Gasteiger partial charge < -0.3 is 5.11 Å². The van der Waals surface area contributed by atoms with Crippen molar-refractivity contribution in [2.75, 3.05) is 0 Å². The second-order valence-corrected chi connectivity index (χ2v) is 5.35. The molecule has 0 radical (unpaired) electrons. The van der Waals surface area contributed by atoms with E-state index >= 15 is 0 Å². The smallest absolute Gasteiger partial charge is 0.177 e. The van der Waals surface area contributed by atoms with Gasteiger partial charge in [-0.1, -0.05) is 37.9 Å². The minimum Gasteiger partial charge on any atom is -0.388 e. The van der Waals surface area contributed by atoms with Crippen molar-refractivity contribution in [2.45, 2.75) is 12.5 Å². The molecule has 0 aliphatic heterocycles. The summed E-state index contributed by atoms with van der Waals surface area (Å²) in [5, 5.41) is 21.7. The fourth-order valence-corrected chi connectivity index (χ4v) is 2.77. The fourth-order valence-electron chi connectivity index (χ4n) is 1.46. The van der Waals surface area contributed by atoms with Gasteiger partial charge in [-0.2, -0.15) is 4.80 Å². The van der Waals surface area contributed by atoms with Crippen molar-refractivity contribution in [1.29, 1.82) is 0 Å². The molecule has 0 bridgehead atoms. The highest BCUT2D eigenvalue weighted by atomic mass is 79.9. The maximum Gasteiger partial charge on any atom is 0.177 e. The molecule has 1 aromatic heterocycles. The van der Waals surface area contributed by atoms with E-state index in [9.17, 15) is 5.11 Å². The molecule has 0 saturated carbocycles. The Bertz CT molecular complexity index is 529. The van der Waals surface area contributed by atoms with Gasteiger partial charge in [0.05, 0.1) is 13.2 Å². The van der Waals surface area contributed by atoms with Gasteiger partial charge in [0, 0.05) is 15.4 Å². The van der Waals surface area contributed by atoms with E-state index in [1.165, 1.54) is 4.80 Å². The van der Waals surface area contributed by atoms with Crippen LogP contribution in [0.5, 0.6) is 0 Å². The van der Waals surface area contributed by atoms with Crippen molar-refractivity contribution in [1.82, 2.24) is 20.2 Å². The molecule has 5 nitrogen and oxygen atoms in total. The second-order valence-electron chi connectivity index (χ2n) is 3.58. The van der Waals surface area contributed by atoms with E-state index in [0.717, 1.165) is 14.5 Å². The van der Waals surface area contributed by atoms with Crippen molar-refractivity contribution in [2.24, 2.45) is 7.05 Å². The van der Waals surface area contributed by atoms with E-state index in [4.69, 9.17) is 0 Å². The highest BCUT2D eigenvalue weighted by Gasteiger charge is 2.15. The number of aliphatic hydroxyl groups is 1. The van der Waals surface area contributed by atoms with Crippen LogP contribution in [0.4, 0.5) is 0 Å². The van der Waals surface area contributed by atoms with Gasteiger partial charge in [0.2, 0.25) is 0 Å². The van der Waals surface area contributed by atoms with Crippen LogP contribution in [0, 0.1) is 0 Å². The molecule has 90 valence electrons. The third kappa shape index (κ3) is 3.11. The molecule has 1 N–H and O–H groups in total. The first kappa shape index (κ1) is 12.7. The minimum atomic E-state index is -0.651. The minimum absolute atomic E-state index is 0.341. The Labute approximate surface area is 115 Å². The average Bonchev–Trinajstić information content (AvgIpc) is 2.63. The highest BCUT2D eigenvalue weighted by Crippen LogP contribution is 2.28. The first-order valence-electron chi connectivity index (χ1n) is 4.92. The number of aliphatic hydroxyl groups excluding tert-OH is 1. The normalized spacial score (nSPS) is 12.7. The molecule has 2 aromatic rings. The summed E-state index contributed by atoms with van der Waals surface area (Å²) in [4.78, 5) is 1.37. The predicted molar refractivity (Wildman–Crippen MR) is 69.3 cm³/mol. The second kappa shape index (κ2) is 5.24. The van der Waals surface area contributed by atoms with Gasteiger partial charge in [0.25, 0.3) is 0 Å². The van der Waals surface area contributed by atoms with Gasteiger partial charge in [0.1, 0.15) is 0 Å². The number of halogens is 2. The topological polar surface area (TPSA) is 63.8 Å². The Morgan fingerprint density at radius 2 is 2.18 bits per heavy atom. The zero-order valence-electron chi connectivity index (χ0n) is 9.01. The molecule has 1 atom stereocenters. The molecule has 0 aliphatic rings. The summed E-state index contributed by atoms with van der Waals surface area (Å²) in [7, 11) is 1.69. The van der Waals surface area contributed by atoms with E-state index in [0.29, 0.717) is 12.2 Å². The Balaban J connectivity index is 2.17. The molecule has 0 amide bonds. The predicted octanol–water partition coefficient (Wildman–Crippen LogP) is 2.01. The highest BCUT2D eigenvalue weighted by molar-refractivity contribution is 9.11. The SMILES string of the molecule is Cn1nnc(CC(O)c2ccc(Br)cc2Br)n1. The maximum atomic E-state index is 10.1. The molecule has 0 aliphatic carbocycles. The van der Waals surface area contributed by atoms with Crippen LogP contribution < -0.4 is 0 Å². The number of rotatable bonds is 3. The van der Waals surface area contributed by atoms with Crippen LogP contribution in [0.3, 0.4) is 0 Å². The third-order valence-electron chi connectivity index (χ3n) is 2.25. The zero-order chi connectivity index (χ0) is 12.4. The number of aryl methyl sites for hydroxylation is 1. The Morgan fingerprint density at radius 1 is 1.41 bits per heavy atom. The number of aromatic nitrogens is 4. The third-order valence-corrected chi connectivity index (χ3v) is 3.43. The summed E-state index contributed by atoms with van der Waals surface area (Å²) in [6, 6.07) is 5.63. The van der Waals surface area contributed by atoms with Crippen molar-refractivity contribution in [3.8, 4) is 0 Å². The van der Waals surface area contributed by atoms with Crippen LogP contribution in [0.15, 0.2) is 27.1 Å². The fraction of sp³-hybridized carbons (Fsp3) is 0.300. The lowest BCUT2D eigenvalue weighted by atomic mass is 10.1. The largest absolute Gasteiger partial charge is 0.388 e. The van der Waals surface area contributed by atoms with Crippen molar-refractivity contribution < 1.29 is 5.11 Å². The molecule has 17 heavy (non-hydrogen) atoms. The number of tetrazole rings is 1. The lowest BCUT2D eigenvalue weighted by Gasteiger charge is -2.10. The lowest BCUT2D eigenvalue weighted by molar-refractivity contribution is 0.175. The van der Waals surface area contributed by atoms with Crippen LogP contribution in [-0.2, 0) is 13.5 Å². The van der Waals surface area contributed by atoms with Gasteiger partial charge in [-0.3, -0.25) is 0 Å². The molecule has 1 aromatic carbocycles. The summed E-state index contributed by atoms with van der Waals surface area (Å²) in [5.41, 5.74) is 0.806. The molecular formula is C10H10Br2N4O. The van der Waals surface area contributed by atoms with Gasteiger partial charge in [-0.05, 0) is 22.9 Å². The van der Waals surface area contributed by atoms with E-state index in [2.05, 4.69) is 47.3 Å². The van der Waals surface area contributed by atoms with Crippen molar-refractivity contribution in [3.05, 3.63) is 38.5 Å². The number of nitrogens with zero attached hydrogens (tertiary/aromatic N) is 4. The zero-order valence-corrected chi connectivity index (χ0v) is 12.2.